The summed E-state index contributed by atoms with van der Waals surface area (Å²) in [6.45, 7) is 5.11. The monoisotopic (exact) mass is 452 g/mol. The van der Waals surface area contributed by atoms with E-state index >= 15 is 0 Å². The van der Waals surface area contributed by atoms with E-state index in [1.54, 1.807) is 45.0 Å². The largest absolute Gasteiger partial charge is 0.496 e. The molecule has 7 nitrogen and oxygen atoms in total. The highest BCUT2D eigenvalue weighted by atomic mass is 79.9. The molecule has 1 aromatic carbocycles. The number of nitrogens with zero attached hydrogens (tertiary/aromatic N) is 1. The zero-order valence-corrected chi connectivity index (χ0v) is 16.3. The first-order valence-corrected chi connectivity index (χ1v) is 8.22. The van der Waals surface area contributed by atoms with E-state index in [1.807, 2.05) is 0 Å². The molecule has 0 aliphatic heterocycles. The van der Waals surface area contributed by atoms with E-state index < -0.39 is 26.0 Å². The van der Waals surface area contributed by atoms with Gasteiger partial charge in [-0.05, 0) is 26.8 Å². The summed E-state index contributed by atoms with van der Waals surface area (Å²) in [5, 5.41) is 13.9. The molecule has 1 atom stereocenters. The van der Waals surface area contributed by atoms with Crippen molar-refractivity contribution in [3.8, 4) is 5.75 Å². The van der Waals surface area contributed by atoms with Gasteiger partial charge in [0.05, 0.1) is 12.0 Å². The fourth-order valence-corrected chi connectivity index (χ4v) is 2.51. The number of methoxy groups -OCH3 is 1. The summed E-state index contributed by atoms with van der Waals surface area (Å²) < 4.78 is 8.58. The molecule has 0 aromatic heterocycles. The van der Waals surface area contributed by atoms with Gasteiger partial charge in [0, 0.05) is 37.4 Å². The molecule has 0 fully saturated rings. The van der Waals surface area contributed by atoms with E-state index in [4.69, 9.17) is 9.47 Å². The minimum atomic E-state index is -1.83. The zero-order valence-electron chi connectivity index (χ0n) is 13.1. The summed E-state index contributed by atoms with van der Waals surface area (Å²) in [7, 11) is 1.44. The van der Waals surface area contributed by atoms with E-state index in [2.05, 4.69) is 37.2 Å². The number of carbonyl (C=O) groups is 1. The van der Waals surface area contributed by atoms with Gasteiger partial charge in [0.15, 0.2) is 6.04 Å². The van der Waals surface area contributed by atoms with Gasteiger partial charge in [-0.2, -0.15) is 0 Å². The second kappa shape index (κ2) is 7.48. The number of alkyl halides is 2. The van der Waals surface area contributed by atoms with E-state index in [0.29, 0.717) is 11.3 Å². The smallest absolute Gasteiger partial charge is 0.408 e. The molecule has 1 rings (SSSR count). The fraction of sp³-hybridized carbons (Fsp3) is 0.500. The van der Waals surface area contributed by atoms with E-state index in [9.17, 15) is 14.9 Å². The Hall–Kier alpha value is -1.35. The number of benzene rings is 1. The predicted molar refractivity (Wildman–Crippen MR) is 92.7 cm³/mol. The Bertz CT molecular complexity index is 587. The Labute approximate surface area is 151 Å². The second-order valence-corrected chi connectivity index (χ2v) is 9.15. The van der Waals surface area contributed by atoms with Gasteiger partial charge < -0.3 is 14.8 Å². The van der Waals surface area contributed by atoms with Crippen LogP contribution >= 0.6 is 31.9 Å². The number of rotatable bonds is 5. The second-order valence-electron chi connectivity index (χ2n) is 5.67. The van der Waals surface area contributed by atoms with Crippen LogP contribution in [0.1, 0.15) is 32.4 Å². The maximum Gasteiger partial charge on any atom is 0.408 e. The number of hydrogen-bond donors (Lipinski definition) is 1. The first kappa shape index (κ1) is 19.7. The van der Waals surface area contributed by atoms with E-state index in [-0.39, 0.29) is 0 Å². The van der Waals surface area contributed by atoms with Crippen LogP contribution in [0.3, 0.4) is 0 Å². The Balaban J connectivity index is 3.23. The number of alkyl carbamates (subject to hydrolysis) is 1. The average Bonchev–Trinajstić information content (AvgIpc) is 2.42. The van der Waals surface area contributed by atoms with Gasteiger partial charge >= 0.3 is 9.45 Å². The normalized spacial score (nSPS) is 13.1. The topological polar surface area (TPSA) is 90.7 Å². The molecule has 0 saturated carbocycles. The fourth-order valence-electron chi connectivity index (χ4n) is 1.79. The average molecular weight is 454 g/mol. The molecule has 0 aliphatic rings. The first-order valence-electron chi connectivity index (χ1n) is 6.63. The highest BCUT2D eigenvalue weighted by molar-refractivity contribution is 9.25. The van der Waals surface area contributed by atoms with Crippen molar-refractivity contribution < 1.29 is 19.2 Å². The summed E-state index contributed by atoms with van der Waals surface area (Å²) in [5.41, 5.74) is -0.308. The van der Waals surface area contributed by atoms with E-state index in [1.165, 1.54) is 7.11 Å². The molecular formula is C14H18Br2N2O5. The van der Waals surface area contributed by atoms with Crippen molar-refractivity contribution in [2.24, 2.45) is 0 Å². The molecule has 1 N–H and O–H groups in total. The van der Waals surface area contributed by atoms with Crippen LogP contribution in [-0.2, 0) is 4.74 Å². The number of carbonyl (C=O) groups excluding carboxylic acids is 1. The summed E-state index contributed by atoms with van der Waals surface area (Å²) in [6, 6.07) is 5.61. The Morgan fingerprint density at radius 3 is 2.35 bits per heavy atom. The molecule has 0 unspecified atom stereocenters. The van der Waals surface area contributed by atoms with Crippen molar-refractivity contribution >= 4 is 38.0 Å². The Kier molecular flexibility index (Phi) is 6.41. The van der Waals surface area contributed by atoms with Crippen molar-refractivity contribution in [1.29, 1.82) is 0 Å². The highest BCUT2D eigenvalue weighted by Crippen LogP contribution is 2.43. The molecule has 0 radical (unpaired) electrons. The molecule has 0 saturated heterocycles. The van der Waals surface area contributed by atoms with Crippen molar-refractivity contribution in [1.82, 2.24) is 5.32 Å². The van der Waals surface area contributed by atoms with Crippen LogP contribution in [0.15, 0.2) is 24.3 Å². The maximum absolute atomic E-state index is 12.1. The van der Waals surface area contributed by atoms with Crippen LogP contribution < -0.4 is 10.1 Å². The summed E-state index contributed by atoms with van der Waals surface area (Å²) in [4.78, 5) is 22.9. The van der Waals surface area contributed by atoms with Crippen LogP contribution in [0.5, 0.6) is 5.75 Å². The van der Waals surface area contributed by atoms with Crippen LogP contribution in [0.25, 0.3) is 0 Å². The maximum atomic E-state index is 12.1. The van der Waals surface area contributed by atoms with Gasteiger partial charge in [-0.1, -0.05) is 18.2 Å². The van der Waals surface area contributed by atoms with Gasteiger partial charge in [0.1, 0.15) is 11.4 Å². The quantitative estimate of drug-likeness (QED) is 0.315. The number of hydrogen-bond acceptors (Lipinski definition) is 5. The zero-order chi connectivity index (χ0) is 17.8. The number of para-hydroxylation sites is 1. The third kappa shape index (κ3) is 5.35. The summed E-state index contributed by atoms with van der Waals surface area (Å²) in [5.74, 6) is 0.402. The molecule has 0 bridgehead atoms. The molecule has 0 heterocycles. The summed E-state index contributed by atoms with van der Waals surface area (Å²) in [6.07, 6.45) is -0.779. The number of ether oxygens (including phenoxy) is 2. The van der Waals surface area contributed by atoms with E-state index in [0.717, 1.165) is 0 Å². The molecule has 0 spiro atoms. The standard InChI is InChI=1S/C14H18Br2N2O5/c1-13(2,3)23-12(19)17-11(14(15,16)18(20)21)9-7-5-6-8-10(9)22-4/h5-8,11H,1-4H3,(H,17,19)/t11-/m0/s1. The number of nitro groups is 1. The van der Waals surface area contributed by atoms with Crippen molar-refractivity contribution in [2.45, 2.75) is 35.8 Å². The van der Waals surface area contributed by atoms with Crippen molar-refractivity contribution in [2.75, 3.05) is 7.11 Å². The third-order valence-electron chi connectivity index (χ3n) is 2.70. The van der Waals surface area contributed by atoms with Crippen LogP contribution in [0.4, 0.5) is 4.79 Å². The van der Waals surface area contributed by atoms with Gasteiger partial charge in [-0.25, -0.2) is 4.79 Å². The Morgan fingerprint density at radius 2 is 1.87 bits per heavy atom. The first-order chi connectivity index (χ1) is 10.5. The lowest BCUT2D eigenvalue weighted by molar-refractivity contribution is -0.509. The summed E-state index contributed by atoms with van der Waals surface area (Å²) >= 11 is 6.03. The number of halogens is 2. The lowest BCUT2D eigenvalue weighted by atomic mass is 10.1. The minimum Gasteiger partial charge on any atom is -0.496 e. The molecule has 9 heteroatoms. The lowest BCUT2D eigenvalue weighted by Crippen LogP contribution is -2.45. The van der Waals surface area contributed by atoms with Crippen molar-refractivity contribution in [3.63, 3.8) is 0 Å². The van der Waals surface area contributed by atoms with Crippen LogP contribution in [0.2, 0.25) is 0 Å². The Morgan fingerprint density at radius 1 is 1.30 bits per heavy atom. The minimum absolute atomic E-state index is 0.402. The van der Waals surface area contributed by atoms with Gasteiger partial charge in [-0.3, -0.25) is 10.1 Å². The van der Waals surface area contributed by atoms with Gasteiger partial charge in [-0.15, -0.1) is 0 Å². The van der Waals surface area contributed by atoms with Gasteiger partial charge in [0.2, 0.25) is 0 Å². The lowest BCUT2D eigenvalue weighted by Gasteiger charge is -2.28. The predicted octanol–water partition coefficient (Wildman–Crippen LogP) is 3.98. The number of amides is 1. The molecule has 128 valence electrons. The van der Waals surface area contributed by atoms with Crippen LogP contribution in [0, 0.1) is 10.1 Å². The molecule has 23 heavy (non-hydrogen) atoms. The highest BCUT2D eigenvalue weighted by Gasteiger charge is 2.49. The number of nitrogens with one attached hydrogen (secondary N) is 1. The van der Waals surface area contributed by atoms with Crippen molar-refractivity contribution in [3.05, 3.63) is 39.9 Å². The molecule has 0 aliphatic carbocycles. The molecular weight excluding hydrogens is 436 g/mol. The SMILES string of the molecule is COc1ccccc1[C@H](NC(=O)OC(C)(C)C)C(Br)(Br)[N+](=O)[O-]. The van der Waals surface area contributed by atoms with Crippen LogP contribution in [-0.4, -0.2) is 27.1 Å². The molecule has 1 aromatic rings. The molecule has 1 amide bonds. The van der Waals surface area contributed by atoms with Gasteiger partial charge in [0.25, 0.3) is 0 Å². The third-order valence-corrected chi connectivity index (χ3v) is 4.20.